The number of hydrogen-bond donors (Lipinski definition) is 4. The number of aliphatic carboxylic acids is 1. The fourth-order valence-electron chi connectivity index (χ4n) is 1.12. The zero-order valence-electron chi connectivity index (χ0n) is 10.2. The van der Waals surface area contributed by atoms with Crippen LogP contribution in [0.3, 0.4) is 0 Å². The first kappa shape index (κ1) is 15.2. The van der Waals surface area contributed by atoms with Gasteiger partial charge in [0.15, 0.2) is 0 Å². The molecule has 0 aromatic carbocycles. The largest absolute Gasteiger partial charge is 0.480 e. The molecular formula is C10H19N3O4. The van der Waals surface area contributed by atoms with E-state index in [2.05, 4.69) is 16.0 Å². The van der Waals surface area contributed by atoms with Gasteiger partial charge in [0, 0.05) is 7.05 Å². The third kappa shape index (κ3) is 5.74. The molecule has 7 nitrogen and oxygen atoms in total. The van der Waals surface area contributed by atoms with Crippen LogP contribution in [0, 0.1) is 5.92 Å². The number of carbonyl (C=O) groups is 3. The minimum absolute atomic E-state index is 0.182. The second kappa shape index (κ2) is 7.48. The summed E-state index contributed by atoms with van der Waals surface area (Å²) < 4.78 is 0. The molecule has 0 aromatic rings. The number of hydrogen-bond acceptors (Lipinski definition) is 3. The van der Waals surface area contributed by atoms with Crippen LogP contribution in [0.5, 0.6) is 0 Å². The van der Waals surface area contributed by atoms with Gasteiger partial charge in [-0.3, -0.25) is 4.79 Å². The van der Waals surface area contributed by atoms with Crippen molar-refractivity contribution in [3.05, 3.63) is 0 Å². The number of amides is 3. The smallest absolute Gasteiger partial charge is 0.326 e. The maximum absolute atomic E-state index is 11.3. The quantitative estimate of drug-likeness (QED) is 0.507. The Bertz CT molecular complexity index is 293. The first-order valence-corrected chi connectivity index (χ1v) is 5.40. The van der Waals surface area contributed by atoms with Gasteiger partial charge in [0.2, 0.25) is 5.91 Å². The summed E-state index contributed by atoms with van der Waals surface area (Å²) in [5, 5.41) is 15.8. The molecule has 0 aliphatic carbocycles. The summed E-state index contributed by atoms with van der Waals surface area (Å²) in [6.45, 7) is 3.39. The second-order valence-corrected chi connectivity index (χ2v) is 3.70. The van der Waals surface area contributed by atoms with Gasteiger partial charge < -0.3 is 21.1 Å². The maximum atomic E-state index is 11.3. The van der Waals surface area contributed by atoms with Gasteiger partial charge in [0.25, 0.3) is 0 Å². The maximum Gasteiger partial charge on any atom is 0.326 e. The highest BCUT2D eigenvalue weighted by Gasteiger charge is 2.25. The van der Waals surface area contributed by atoms with E-state index in [0.29, 0.717) is 6.42 Å². The summed E-state index contributed by atoms with van der Waals surface area (Å²) in [5.74, 6) is -1.62. The minimum Gasteiger partial charge on any atom is -0.480 e. The monoisotopic (exact) mass is 245 g/mol. The summed E-state index contributed by atoms with van der Waals surface area (Å²) in [6, 6.07) is -1.62. The summed E-state index contributed by atoms with van der Waals surface area (Å²) in [4.78, 5) is 33.1. The molecule has 17 heavy (non-hydrogen) atoms. The van der Waals surface area contributed by atoms with E-state index < -0.39 is 18.0 Å². The average Bonchev–Trinajstić information content (AvgIpc) is 2.31. The lowest BCUT2D eigenvalue weighted by Gasteiger charge is -2.20. The molecule has 1 unspecified atom stereocenters. The van der Waals surface area contributed by atoms with Crippen LogP contribution >= 0.6 is 0 Å². The van der Waals surface area contributed by atoms with Crippen molar-refractivity contribution < 1.29 is 19.5 Å². The highest BCUT2D eigenvalue weighted by atomic mass is 16.4. The number of likely N-dealkylation sites (N-methyl/N-ethyl adjacent to an activating group) is 1. The van der Waals surface area contributed by atoms with Crippen LogP contribution in [0.4, 0.5) is 4.79 Å². The Hall–Kier alpha value is -1.79. The summed E-state index contributed by atoms with van der Waals surface area (Å²) >= 11 is 0. The molecular weight excluding hydrogens is 226 g/mol. The molecule has 98 valence electrons. The molecule has 0 aromatic heterocycles. The van der Waals surface area contributed by atoms with Gasteiger partial charge in [0.1, 0.15) is 6.04 Å². The van der Waals surface area contributed by atoms with Gasteiger partial charge in [-0.25, -0.2) is 9.59 Å². The molecule has 0 aliphatic rings. The molecule has 0 aliphatic heterocycles. The number of carboxylic acids is 1. The molecule has 3 amide bonds. The molecule has 2 atom stereocenters. The Kier molecular flexibility index (Phi) is 6.69. The Morgan fingerprint density at radius 1 is 1.29 bits per heavy atom. The van der Waals surface area contributed by atoms with Crippen LogP contribution in [0.15, 0.2) is 0 Å². The van der Waals surface area contributed by atoms with E-state index in [1.807, 2.05) is 6.92 Å². The van der Waals surface area contributed by atoms with Gasteiger partial charge in [-0.15, -0.1) is 0 Å². The van der Waals surface area contributed by atoms with Crippen LogP contribution in [-0.2, 0) is 9.59 Å². The van der Waals surface area contributed by atoms with Crippen molar-refractivity contribution in [1.82, 2.24) is 16.0 Å². The topological polar surface area (TPSA) is 108 Å². The summed E-state index contributed by atoms with van der Waals surface area (Å²) in [6.07, 6.45) is 0.632. The Labute approximate surface area is 100.0 Å². The van der Waals surface area contributed by atoms with E-state index in [-0.39, 0.29) is 18.4 Å². The first-order chi connectivity index (χ1) is 7.92. The fraction of sp³-hybridized carbons (Fsp3) is 0.700. The molecule has 4 N–H and O–H groups in total. The number of carbonyl (C=O) groups excluding carboxylic acids is 2. The molecule has 0 spiro atoms. The van der Waals surface area contributed by atoms with Crippen molar-refractivity contribution in [3.63, 3.8) is 0 Å². The minimum atomic E-state index is -1.09. The highest BCUT2D eigenvalue weighted by molar-refractivity contribution is 5.86. The van der Waals surface area contributed by atoms with E-state index in [1.54, 1.807) is 6.92 Å². The molecule has 0 radical (unpaired) electrons. The lowest BCUT2D eigenvalue weighted by Crippen LogP contribution is -2.50. The molecule has 0 saturated carbocycles. The molecule has 0 heterocycles. The normalized spacial score (nSPS) is 13.4. The van der Waals surface area contributed by atoms with Gasteiger partial charge in [-0.2, -0.15) is 0 Å². The lowest BCUT2D eigenvalue weighted by molar-refractivity contribution is -0.140. The molecule has 0 rings (SSSR count). The third-order valence-electron chi connectivity index (χ3n) is 2.45. The van der Waals surface area contributed by atoms with Crippen molar-refractivity contribution in [3.8, 4) is 0 Å². The van der Waals surface area contributed by atoms with Gasteiger partial charge in [-0.05, 0) is 5.92 Å². The number of nitrogens with one attached hydrogen (secondary N) is 3. The predicted molar refractivity (Wildman–Crippen MR) is 61.5 cm³/mol. The zero-order chi connectivity index (χ0) is 13.4. The van der Waals surface area contributed by atoms with Crippen LogP contribution in [0.25, 0.3) is 0 Å². The van der Waals surface area contributed by atoms with Crippen LogP contribution in [-0.4, -0.2) is 42.6 Å². The average molecular weight is 245 g/mol. The van der Waals surface area contributed by atoms with Crippen molar-refractivity contribution in [2.24, 2.45) is 5.92 Å². The van der Waals surface area contributed by atoms with Crippen molar-refractivity contribution in [2.45, 2.75) is 26.3 Å². The molecule has 0 bridgehead atoms. The standard InChI is InChI=1S/C10H19N3O4/c1-4-6(2)8(9(15)16)13-10(17)12-5-7(14)11-3/h6,8H,4-5H2,1-3H3,(H,11,14)(H,15,16)(H2,12,13,17)/t6?,8-/m0/s1. The van der Waals surface area contributed by atoms with Crippen LogP contribution < -0.4 is 16.0 Å². The van der Waals surface area contributed by atoms with Crippen LogP contribution in [0.2, 0.25) is 0 Å². The van der Waals surface area contributed by atoms with Crippen LogP contribution in [0.1, 0.15) is 20.3 Å². The summed E-state index contributed by atoms with van der Waals surface area (Å²) in [7, 11) is 1.45. The molecule has 0 saturated heterocycles. The predicted octanol–water partition coefficient (Wildman–Crippen LogP) is -0.469. The van der Waals surface area contributed by atoms with Gasteiger partial charge >= 0.3 is 12.0 Å². The SMILES string of the molecule is CCC(C)[C@H](NC(=O)NCC(=O)NC)C(=O)O. The zero-order valence-corrected chi connectivity index (χ0v) is 10.2. The number of urea groups is 1. The van der Waals surface area contributed by atoms with Gasteiger partial charge in [-0.1, -0.05) is 20.3 Å². The van der Waals surface area contributed by atoms with E-state index in [9.17, 15) is 14.4 Å². The van der Waals surface area contributed by atoms with Gasteiger partial charge in [0.05, 0.1) is 6.54 Å². The fourth-order valence-corrected chi connectivity index (χ4v) is 1.12. The van der Waals surface area contributed by atoms with E-state index in [0.717, 1.165) is 0 Å². The van der Waals surface area contributed by atoms with E-state index >= 15 is 0 Å². The Morgan fingerprint density at radius 2 is 1.88 bits per heavy atom. The Morgan fingerprint density at radius 3 is 2.29 bits per heavy atom. The van der Waals surface area contributed by atoms with Crippen molar-refractivity contribution >= 4 is 17.9 Å². The third-order valence-corrected chi connectivity index (χ3v) is 2.45. The Balaban J connectivity index is 4.22. The number of carboxylic acid groups (broad SMARTS) is 1. The lowest BCUT2D eigenvalue weighted by atomic mass is 9.99. The highest BCUT2D eigenvalue weighted by Crippen LogP contribution is 2.07. The second-order valence-electron chi connectivity index (χ2n) is 3.70. The summed E-state index contributed by atoms with van der Waals surface area (Å²) in [5.41, 5.74) is 0. The number of rotatable bonds is 6. The van der Waals surface area contributed by atoms with E-state index in [1.165, 1.54) is 7.05 Å². The molecule has 7 heteroatoms. The molecule has 0 fully saturated rings. The van der Waals surface area contributed by atoms with E-state index in [4.69, 9.17) is 5.11 Å². The van der Waals surface area contributed by atoms with Crippen molar-refractivity contribution in [2.75, 3.05) is 13.6 Å². The first-order valence-electron chi connectivity index (χ1n) is 5.40. The van der Waals surface area contributed by atoms with Crippen molar-refractivity contribution in [1.29, 1.82) is 0 Å².